The molecule has 8 aromatic carbocycles. The van der Waals surface area contributed by atoms with E-state index < -0.39 is 5.41 Å². The number of hydrogen-bond donors (Lipinski definition) is 0. The van der Waals surface area contributed by atoms with Crippen LogP contribution in [0.5, 0.6) is 0 Å². The minimum atomic E-state index is -0.517. The first-order chi connectivity index (χ1) is 30.0. The molecule has 2 unspecified atom stereocenters. The van der Waals surface area contributed by atoms with Crippen LogP contribution in [-0.2, 0) is 10.8 Å². The van der Waals surface area contributed by atoms with Gasteiger partial charge in [0.1, 0.15) is 0 Å². The monoisotopic (exact) mass is 782 g/mol. The second-order valence-corrected chi connectivity index (χ2v) is 18.1. The van der Waals surface area contributed by atoms with Crippen LogP contribution >= 0.6 is 0 Å². The molecule has 0 heterocycles. The van der Waals surface area contributed by atoms with Gasteiger partial charge in [0.15, 0.2) is 11.6 Å². The van der Waals surface area contributed by atoms with Crippen molar-refractivity contribution in [3.05, 3.63) is 249 Å². The Bertz CT molecular complexity index is 3110. The third-order valence-corrected chi connectivity index (χ3v) is 15.5. The van der Waals surface area contributed by atoms with Crippen LogP contribution in [0.1, 0.15) is 102 Å². The molecule has 290 valence electrons. The van der Waals surface area contributed by atoms with E-state index in [1.807, 2.05) is 30.3 Å². The number of hydrogen-bond acceptors (Lipinski definition) is 2. The van der Waals surface area contributed by atoms with E-state index >= 15 is 0 Å². The molecule has 61 heavy (non-hydrogen) atoms. The SMILES string of the molecule is Cc1ccc2c(c1)C1(c3ccccc3-c3ccccc31)c1cc(C(=O)c3ccc(C(=O)C4CC[C@@H]5c6ccccc6C6(c7ccccc7-c7ccccc76)C5C4)cc3)ccc1-2. The number of carbonyl (C=O) groups excluding carboxylic acids is 2. The molecule has 0 aliphatic heterocycles. The van der Waals surface area contributed by atoms with Crippen molar-refractivity contribution in [2.75, 3.05) is 0 Å². The van der Waals surface area contributed by atoms with E-state index in [4.69, 9.17) is 0 Å². The predicted octanol–water partition coefficient (Wildman–Crippen LogP) is 13.3. The van der Waals surface area contributed by atoms with E-state index in [1.54, 1.807) is 0 Å². The van der Waals surface area contributed by atoms with Crippen LogP contribution in [0.25, 0.3) is 33.4 Å². The predicted molar refractivity (Wildman–Crippen MR) is 243 cm³/mol. The third kappa shape index (κ3) is 4.42. The molecule has 2 nitrogen and oxygen atoms in total. The number of carbonyl (C=O) groups is 2. The van der Waals surface area contributed by atoms with Crippen molar-refractivity contribution in [3.63, 3.8) is 0 Å². The van der Waals surface area contributed by atoms with Gasteiger partial charge in [-0.15, -0.1) is 0 Å². The van der Waals surface area contributed by atoms with Gasteiger partial charge in [0, 0.05) is 22.6 Å². The molecule has 13 rings (SSSR count). The molecule has 8 aromatic rings. The van der Waals surface area contributed by atoms with Gasteiger partial charge >= 0.3 is 0 Å². The van der Waals surface area contributed by atoms with Crippen LogP contribution in [-0.4, -0.2) is 11.6 Å². The second-order valence-electron chi connectivity index (χ2n) is 18.1. The average molecular weight is 783 g/mol. The zero-order valence-electron chi connectivity index (χ0n) is 34.0. The minimum Gasteiger partial charge on any atom is -0.294 e. The highest BCUT2D eigenvalue weighted by Crippen LogP contribution is 2.68. The molecule has 0 saturated heterocycles. The van der Waals surface area contributed by atoms with Crippen LogP contribution in [0, 0.1) is 18.8 Å². The Balaban J connectivity index is 0.841. The van der Waals surface area contributed by atoms with Gasteiger partial charge in [-0.25, -0.2) is 0 Å². The van der Waals surface area contributed by atoms with Gasteiger partial charge in [0.05, 0.1) is 10.8 Å². The zero-order valence-corrected chi connectivity index (χ0v) is 34.0. The Kier molecular flexibility index (Phi) is 7.19. The van der Waals surface area contributed by atoms with Crippen LogP contribution in [0.3, 0.4) is 0 Å². The summed E-state index contributed by atoms with van der Waals surface area (Å²) in [6.45, 7) is 2.16. The van der Waals surface area contributed by atoms with E-state index in [1.165, 1.54) is 77.9 Å². The largest absolute Gasteiger partial charge is 0.294 e. The topological polar surface area (TPSA) is 34.1 Å². The van der Waals surface area contributed by atoms with Crippen molar-refractivity contribution in [2.45, 2.75) is 42.9 Å². The molecule has 1 fully saturated rings. The summed E-state index contributed by atoms with van der Waals surface area (Å²) in [5.74, 6) is 0.732. The molecule has 0 bridgehead atoms. The van der Waals surface area contributed by atoms with Crippen LogP contribution in [0.15, 0.2) is 182 Å². The van der Waals surface area contributed by atoms with Crippen molar-refractivity contribution < 1.29 is 9.59 Å². The maximum atomic E-state index is 14.6. The summed E-state index contributed by atoms with van der Waals surface area (Å²) < 4.78 is 0. The lowest BCUT2D eigenvalue weighted by atomic mass is 9.60. The molecule has 2 heteroatoms. The zero-order chi connectivity index (χ0) is 40.6. The summed E-state index contributed by atoms with van der Waals surface area (Å²) in [5, 5.41) is 0. The van der Waals surface area contributed by atoms with Crippen molar-refractivity contribution in [1.29, 1.82) is 0 Å². The summed E-state index contributed by atoms with van der Waals surface area (Å²) in [4.78, 5) is 29.2. The number of ketones is 2. The fourth-order valence-electron chi connectivity index (χ4n) is 13.2. The lowest BCUT2D eigenvalue weighted by molar-refractivity contribution is 0.0836. The van der Waals surface area contributed by atoms with Gasteiger partial charge in [-0.05, 0) is 122 Å². The van der Waals surface area contributed by atoms with Crippen molar-refractivity contribution in [1.82, 2.24) is 0 Å². The number of benzene rings is 8. The van der Waals surface area contributed by atoms with Gasteiger partial charge in [-0.1, -0.05) is 181 Å². The van der Waals surface area contributed by atoms with Crippen LogP contribution < -0.4 is 0 Å². The lowest BCUT2D eigenvalue weighted by Crippen LogP contribution is -2.38. The first-order valence-corrected chi connectivity index (χ1v) is 21.9. The van der Waals surface area contributed by atoms with Gasteiger partial charge in [-0.2, -0.15) is 0 Å². The summed E-state index contributed by atoms with van der Waals surface area (Å²) in [6.07, 6.45) is 2.67. The van der Waals surface area contributed by atoms with Crippen molar-refractivity contribution in [3.8, 4) is 33.4 Å². The molecule has 5 aliphatic carbocycles. The fourth-order valence-corrected chi connectivity index (χ4v) is 13.2. The molecule has 0 amide bonds. The molecule has 3 atom stereocenters. The first-order valence-electron chi connectivity index (χ1n) is 21.9. The maximum Gasteiger partial charge on any atom is 0.193 e. The normalized spacial score (nSPS) is 19.6. The molecule has 0 N–H and O–H groups in total. The number of Topliss-reactive ketones (excluding diaryl/α,β-unsaturated/α-hetero) is 1. The van der Waals surface area contributed by atoms with Gasteiger partial charge in [0.2, 0.25) is 0 Å². The smallest absolute Gasteiger partial charge is 0.193 e. The summed E-state index contributed by atoms with van der Waals surface area (Å²) >= 11 is 0. The van der Waals surface area contributed by atoms with E-state index in [0.717, 1.165) is 24.8 Å². The van der Waals surface area contributed by atoms with Gasteiger partial charge < -0.3 is 0 Å². The summed E-state index contributed by atoms with van der Waals surface area (Å²) in [5.41, 5.74) is 20.4. The highest BCUT2D eigenvalue weighted by atomic mass is 16.1. The Morgan fingerprint density at radius 3 is 1.56 bits per heavy atom. The molecular weight excluding hydrogens is 741 g/mol. The molecule has 0 aromatic heterocycles. The first kappa shape index (κ1) is 34.9. The van der Waals surface area contributed by atoms with Crippen molar-refractivity contribution >= 4 is 11.6 Å². The number of fused-ring (bicyclic) bond motifs is 20. The van der Waals surface area contributed by atoms with E-state index in [2.05, 4.69) is 159 Å². The van der Waals surface area contributed by atoms with Crippen LogP contribution in [0.2, 0.25) is 0 Å². The average Bonchev–Trinajstić information content (AvgIpc) is 3.99. The summed E-state index contributed by atoms with van der Waals surface area (Å²) in [7, 11) is 0. The molecule has 5 aliphatic rings. The molecular formula is C59H42O2. The quantitative estimate of drug-likeness (QED) is 0.167. The summed E-state index contributed by atoms with van der Waals surface area (Å²) in [6, 6.07) is 65.1. The highest BCUT2D eigenvalue weighted by Gasteiger charge is 2.59. The molecule has 2 spiro atoms. The Morgan fingerprint density at radius 2 is 0.918 bits per heavy atom. The Labute approximate surface area is 356 Å². The fraction of sp³-hybridized carbons (Fsp3) is 0.153. The van der Waals surface area contributed by atoms with E-state index in [-0.39, 0.29) is 28.8 Å². The molecule has 1 saturated carbocycles. The third-order valence-electron chi connectivity index (χ3n) is 15.5. The molecule has 0 radical (unpaired) electrons. The maximum absolute atomic E-state index is 14.6. The minimum absolute atomic E-state index is 0.0339. The highest BCUT2D eigenvalue weighted by molar-refractivity contribution is 6.11. The second kappa shape index (κ2) is 12.6. The van der Waals surface area contributed by atoms with Gasteiger partial charge in [0.25, 0.3) is 0 Å². The van der Waals surface area contributed by atoms with E-state index in [9.17, 15) is 9.59 Å². The Morgan fingerprint density at radius 1 is 0.443 bits per heavy atom. The van der Waals surface area contributed by atoms with Crippen LogP contribution in [0.4, 0.5) is 0 Å². The lowest BCUT2D eigenvalue weighted by Gasteiger charge is -2.42. The van der Waals surface area contributed by atoms with Crippen molar-refractivity contribution in [2.24, 2.45) is 11.8 Å². The number of aryl methyl sites for hydroxylation is 1. The number of rotatable bonds is 4. The standard InChI is InChI=1S/C59H42O2/c1-35-22-29-45-47-31-28-39(34-55(47)59(53(45)32-35)51-20-10-4-14-42(51)43-15-5-11-21-52(43)59)57(61)37-25-23-36(24-26-37)56(60)38-27-30-46-44-16-6-9-19-50(44)58(54(46)33-38)48-17-7-2-12-40(48)41-13-3-8-18-49(41)58/h2-26,28-29,31-32,34,38,46,54H,27,30,33H2,1H3/t38?,46-,54?/m1/s1. The van der Waals surface area contributed by atoms with E-state index in [0.29, 0.717) is 22.6 Å². The Hall–Kier alpha value is -6.90. The van der Waals surface area contributed by atoms with Gasteiger partial charge in [-0.3, -0.25) is 9.59 Å².